The zero-order valence-electron chi connectivity index (χ0n) is 47.0. The number of halogens is 8. The van der Waals surface area contributed by atoms with Crippen LogP contribution in [-0.4, -0.2) is 124 Å². The molecule has 8 rings (SSSR count). The summed E-state index contributed by atoms with van der Waals surface area (Å²) < 4.78 is 86.6. The molecule has 9 N–H and O–H groups in total. The fourth-order valence-corrected chi connectivity index (χ4v) is 8.04. The Morgan fingerprint density at radius 2 is 0.882 bits per heavy atom. The third-order valence-corrected chi connectivity index (χ3v) is 13.6. The van der Waals surface area contributed by atoms with E-state index in [1.807, 2.05) is 52.0 Å². The van der Waals surface area contributed by atoms with Crippen molar-refractivity contribution in [2.45, 2.75) is 76.8 Å². The molecule has 2 fully saturated rings. The molecule has 29 heteroatoms. The van der Waals surface area contributed by atoms with Gasteiger partial charge in [0.15, 0.2) is 13.2 Å². The Bertz CT molecular complexity index is 3300. The molecule has 4 aromatic carbocycles. The molecule has 2 heterocycles. The summed E-state index contributed by atoms with van der Waals surface area (Å²) in [5.41, 5.74) is 7.52. The third kappa shape index (κ3) is 19.6. The summed E-state index contributed by atoms with van der Waals surface area (Å²) >= 11 is 12.0. The lowest BCUT2D eigenvalue weighted by Gasteiger charge is -2.25. The predicted octanol–water partition coefficient (Wildman–Crippen LogP) is 9.30. The summed E-state index contributed by atoms with van der Waals surface area (Å²) in [4.78, 5) is 74.8. The van der Waals surface area contributed by atoms with Crippen molar-refractivity contribution in [3.05, 3.63) is 129 Å². The number of alkyl halides is 6. The lowest BCUT2D eigenvalue weighted by atomic mass is 9.93. The average molecular weight is 1230 g/mol. The lowest BCUT2D eigenvalue weighted by Crippen LogP contribution is -2.46. The van der Waals surface area contributed by atoms with E-state index in [0.717, 1.165) is 36.8 Å². The summed E-state index contributed by atoms with van der Waals surface area (Å²) in [6.07, 6.45) is -6.13. The fourth-order valence-electron chi connectivity index (χ4n) is 7.79. The number of ether oxygens (including phenoxy) is 2. The van der Waals surface area contributed by atoms with Crippen LogP contribution in [0.3, 0.4) is 0 Å². The van der Waals surface area contributed by atoms with Crippen molar-refractivity contribution >= 4 is 82.0 Å². The van der Waals surface area contributed by atoms with Crippen LogP contribution in [0.5, 0.6) is 12.0 Å². The first kappa shape index (κ1) is 64.3. The van der Waals surface area contributed by atoms with Crippen LogP contribution in [0.25, 0.3) is 0 Å². The maximum absolute atomic E-state index is 12.9. The highest BCUT2D eigenvalue weighted by Gasteiger charge is 2.46. The van der Waals surface area contributed by atoms with Crippen molar-refractivity contribution < 1.29 is 55.0 Å². The first-order chi connectivity index (χ1) is 39.9. The molecule has 85 heavy (non-hydrogen) atoms. The number of hydrogen-bond acceptors (Lipinski definition) is 17. The number of nitrogens with two attached hydrogens (primary N) is 1. The molecule has 0 unspecified atom stereocenters. The highest BCUT2D eigenvalue weighted by molar-refractivity contribution is 6.34. The first-order valence-electron chi connectivity index (χ1n) is 26.4. The summed E-state index contributed by atoms with van der Waals surface area (Å²) in [5, 5.41) is 21.7. The Balaban J connectivity index is 0.000000247. The molecular weight excluding hydrogens is 1160 g/mol. The summed E-state index contributed by atoms with van der Waals surface area (Å²) in [6.45, 7) is 5.63. The largest absolute Gasteiger partial charge is 0.454 e. The molecule has 0 spiro atoms. The van der Waals surface area contributed by atoms with E-state index in [0.29, 0.717) is 45.6 Å². The number of nitrogens with one attached hydrogen (secondary N) is 7. The van der Waals surface area contributed by atoms with Gasteiger partial charge in [0, 0.05) is 66.3 Å². The van der Waals surface area contributed by atoms with Crippen LogP contribution in [-0.2, 0) is 20.7 Å². The second kappa shape index (κ2) is 26.7. The number of nitrogens with zero attached hydrogens (tertiary/aromatic N) is 7. The van der Waals surface area contributed by atoms with E-state index in [2.05, 4.69) is 67.1 Å². The van der Waals surface area contributed by atoms with Gasteiger partial charge in [-0.05, 0) is 127 Å². The van der Waals surface area contributed by atoms with Gasteiger partial charge in [0.1, 0.15) is 0 Å². The Morgan fingerprint density at radius 3 is 1.22 bits per heavy atom. The molecule has 2 saturated carbocycles. The molecule has 454 valence electrons. The zero-order valence-corrected chi connectivity index (χ0v) is 48.5. The van der Waals surface area contributed by atoms with Crippen LogP contribution in [0.1, 0.15) is 85.2 Å². The molecular formula is C56H63Cl2F6N15O6. The average Bonchev–Trinajstić information content (AvgIpc) is 1.94. The van der Waals surface area contributed by atoms with Gasteiger partial charge in [-0.3, -0.25) is 19.2 Å². The van der Waals surface area contributed by atoms with E-state index in [9.17, 15) is 45.5 Å². The molecule has 0 bridgehead atoms. The summed E-state index contributed by atoms with van der Waals surface area (Å²) in [7, 11) is 2.95. The molecule has 2 aromatic heterocycles. The maximum atomic E-state index is 12.9. The molecule has 4 amide bonds. The Kier molecular flexibility index (Phi) is 20.2. The second-order valence-corrected chi connectivity index (χ2v) is 22.8. The van der Waals surface area contributed by atoms with Crippen LogP contribution < -0.4 is 52.4 Å². The lowest BCUT2D eigenvalue weighted by molar-refractivity contribution is -0.155. The molecule has 6 aromatic rings. The highest BCUT2D eigenvalue weighted by Crippen LogP contribution is 2.49. The smallest absolute Gasteiger partial charge is 0.422 e. The Labute approximate surface area is 495 Å². The molecule has 2 aliphatic rings. The van der Waals surface area contributed by atoms with Gasteiger partial charge in [0.25, 0.3) is 11.8 Å². The minimum absolute atomic E-state index is 0.0167. The number of anilines is 6. The van der Waals surface area contributed by atoms with Crippen molar-refractivity contribution in [2.24, 2.45) is 16.6 Å². The summed E-state index contributed by atoms with van der Waals surface area (Å²) in [5.74, 6) is -2.07. The minimum atomic E-state index is -4.60. The number of benzene rings is 4. The zero-order chi connectivity index (χ0) is 62.0. The molecule has 0 radical (unpaired) electrons. The Morgan fingerprint density at radius 1 is 0.529 bits per heavy atom. The number of rotatable bonds is 23. The van der Waals surface area contributed by atoms with Gasteiger partial charge >= 0.3 is 36.2 Å². The Hall–Kier alpha value is -8.30. The number of amides is 4. The molecule has 21 nitrogen and oxygen atoms in total. The van der Waals surface area contributed by atoms with E-state index >= 15 is 0 Å². The molecule has 0 saturated heterocycles. The predicted molar refractivity (Wildman–Crippen MR) is 307 cm³/mol. The van der Waals surface area contributed by atoms with Crippen molar-refractivity contribution in [1.29, 1.82) is 0 Å². The number of carbonyl (C=O) groups is 4. The normalized spacial score (nSPS) is 14.1. The van der Waals surface area contributed by atoms with Crippen LogP contribution in [0.4, 0.5) is 61.5 Å². The van der Waals surface area contributed by atoms with Gasteiger partial charge in [-0.2, -0.15) is 56.2 Å². The van der Waals surface area contributed by atoms with Crippen LogP contribution in [0.15, 0.2) is 97.1 Å². The van der Waals surface area contributed by atoms with E-state index in [4.69, 9.17) is 38.4 Å². The molecule has 0 aliphatic heterocycles. The second-order valence-electron chi connectivity index (χ2n) is 22.0. The van der Waals surface area contributed by atoms with Crippen molar-refractivity contribution in [2.75, 3.05) is 74.8 Å². The third-order valence-electron chi connectivity index (χ3n) is 13.1. The summed E-state index contributed by atoms with van der Waals surface area (Å²) in [6, 6.07) is 26.2. The fraction of sp³-hybridized carbons (Fsp3) is 0.393. The van der Waals surface area contributed by atoms with E-state index in [1.54, 1.807) is 72.8 Å². The SMILES string of the molecule is CC(C)(CN)CNC(=O)c1ccc(Nc2nc(NC3(c4ccc(Cl)cc4)CC3)nc(OCC(F)(F)F)n2)cc1.CN(C)C(=O)C(=O)NCC(C)(C)CNC(=O)c1ccc(Nc2nc(NC3(c4ccc(Cl)cc4)CC3)nc(OCC(F)(F)F)n2)cc1. The van der Waals surface area contributed by atoms with Crippen LogP contribution in [0, 0.1) is 10.8 Å². The van der Waals surface area contributed by atoms with Gasteiger partial charge in [-0.15, -0.1) is 0 Å². The van der Waals surface area contributed by atoms with Crippen molar-refractivity contribution in [3.63, 3.8) is 0 Å². The quantitative estimate of drug-likeness (QED) is 0.0219. The van der Waals surface area contributed by atoms with Gasteiger partial charge in [-0.1, -0.05) is 75.2 Å². The van der Waals surface area contributed by atoms with Gasteiger partial charge in [-0.25, -0.2) is 0 Å². The molecule has 2 aliphatic carbocycles. The number of hydrogen-bond donors (Lipinski definition) is 8. The van der Waals surface area contributed by atoms with Gasteiger partial charge in [0.2, 0.25) is 23.8 Å². The number of aromatic nitrogens is 6. The topological polar surface area (TPSA) is 278 Å². The monoisotopic (exact) mass is 1230 g/mol. The van der Waals surface area contributed by atoms with Crippen LogP contribution >= 0.6 is 23.2 Å². The van der Waals surface area contributed by atoms with Gasteiger partial charge < -0.3 is 57.3 Å². The molecule has 0 atom stereocenters. The van der Waals surface area contributed by atoms with Crippen LogP contribution in [0.2, 0.25) is 10.0 Å². The standard InChI is InChI=1S/C30H34ClF3N8O4.C26H29ClF3N7O2/c1-28(2,16-36-23(44)24(45)42(3)4)15-35-22(43)18-5-11-21(12-6-18)37-25-38-26(40-27(39-25)46-17-30(32,33)34)41-29(13-14-29)19-7-9-20(31)10-8-19;1-24(2,13-31)14-32-20(38)16-3-9-19(10-4-16)33-21-34-22(36-23(35-21)39-15-26(28,29)30)37-25(11-12-25)17-5-7-18(27)8-6-17/h5-12H,13-17H2,1-4H3,(H,35,43)(H,36,44)(H2,37,38,39,40,41);3-10H,11-15,31H2,1-2H3,(H,32,38)(H2,33,34,35,36,37). The van der Waals surface area contributed by atoms with E-state index in [1.165, 1.54) is 19.0 Å². The van der Waals surface area contributed by atoms with E-state index in [-0.39, 0.29) is 54.1 Å². The van der Waals surface area contributed by atoms with Gasteiger partial charge in [0.05, 0.1) is 11.1 Å². The van der Waals surface area contributed by atoms with Crippen molar-refractivity contribution in [3.8, 4) is 12.0 Å². The highest BCUT2D eigenvalue weighted by atomic mass is 35.5. The minimum Gasteiger partial charge on any atom is -0.454 e. The maximum Gasteiger partial charge on any atom is 0.422 e. The number of carbonyl (C=O) groups excluding carboxylic acids is 4. The number of likely N-dealkylation sites (N-methyl/N-ethyl adjacent to an activating group) is 1. The van der Waals surface area contributed by atoms with E-state index < -0.39 is 65.9 Å². The first-order valence-corrected chi connectivity index (χ1v) is 27.2. The van der Waals surface area contributed by atoms with Crippen molar-refractivity contribution in [1.82, 2.24) is 50.8 Å².